The number of carbonyl (C=O) groups is 1. The number of amides is 1. The standard InChI is InChI=1S/C18H24N2O4S2/c1-13(2)17(18(21)19-11-10-15-5-4-12-25-15)20-26(22,23)16-8-6-14(24-3)7-9-16/h4-9,12-13,17,20H,10-11H2,1-3H3,(H,19,21)/t17-/m0/s1. The van der Waals surface area contributed by atoms with Crippen molar-refractivity contribution >= 4 is 27.3 Å². The third-order valence-corrected chi connectivity index (χ3v) is 6.24. The van der Waals surface area contributed by atoms with Gasteiger partial charge >= 0.3 is 0 Å². The van der Waals surface area contributed by atoms with Gasteiger partial charge in [-0.25, -0.2) is 8.42 Å². The second kappa shape index (κ2) is 9.16. The van der Waals surface area contributed by atoms with E-state index in [1.807, 2.05) is 17.5 Å². The summed E-state index contributed by atoms with van der Waals surface area (Å²) in [5.74, 6) is 0.0501. The third kappa shape index (κ3) is 5.55. The van der Waals surface area contributed by atoms with Crippen molar-refractivity contribution in [2.75, 3.05) is 13.7 Å². The number of ether oxygens (including phenoxy) is 1. The maximum Gasteiger partial charge on any atom is 0.241 e. The number of hydrogen-bond donors (Lipinski definition) is 2. The SMILES string of the molecule is COc1ccc(S(=O)(=O)N[C@H](C(=O)NCCc2cccs2)C(C)C)cc1. The lowest BCUT2D eigenvalue weighted by Crippen LogP contribution is -2.49. The van der Waals surface area contributed by atoms with Crippen molar-refractivity contribution in [3.63, 3.8) is 0 Å². The summed E-state index contributed by atoms with van der Waals surface area (Å²) in [5.41, 5.74) is 0. The van der Waals surface area contributed by atoms with Crippen LogP contribution in [0.1, 0.15) is 18.7 Å². The Balaban J connectivity index is 2.01. The summed E-state index contributed by atoms with van der Waals surface area (Å²) in [6.07, 6.45) is 0.722. The molecule has 0 bridgehead atoms. The highest BCUT2D eigenvalue weighted by Crippen LogP contribution is 2.17. The van der Waals surface area contributed by atoms with Crippen molar-refractivity contribution in [2.24, 2.45) is 5.92 Å². The van der Waals surface area contributed by atoms with Gasteiger partial charge in [0, 0.05) is 11.4 Å². The third-order valence-electron chi connectivity index (χ3n) is 3.85. The van der Waals surface area contributed by atoms with E-state index in [2.05, 4.69) is 10.0 Å². The van der Waals surface area contributed by atoms with Crippen LogP contribution in [0.4, 0.5) is 0 Å². The number of hydrogen-bond acceptors (Lipinski definition) is 5. The minimum absolute atomic E-state index is 0.0929. The Labute approximate surface area is 158 Å². The summed E-state index contributed by atoms with van der Waals surface area (Å²) < 4.78 is 32.7. The number of sulfonamides is 1. The van der Waals surface area contributed by atoms with Gasteiger partial charge in [0.05, 0.1) is 12.0 Å². The minimum Gasteiger partial charge on any atom is -0.497 e. The van der Waals surface area contributed by atoms with E-state index in [-0.39, 0.29) is 16.7 Å². The van der Waals surface area contributed by atoms with Gasteiger partial charge in [-0.15, -0.1) is 11.3 Å². The average molecular weight is 397 g/mol. The molecule has 8 heteroatoms. The first-order valence-electron chi connectivity index (χ1n) is 8.30. The zero-order valence-electron chi connectivity index (χ0n) is 15.1. The average Bonchev–Trinajstić information content (AvgIpc) is 3.13. The van der Waals surface area contributed by atoms with Crippen molar-refractivity contribution < 1.29 is 17.9 Å². The van der Waals surface area contributed by atoms with Gasteiger partial charge in [-0.2, -0.15) is 4.72 Å². The fourth-order valence-corrected chi connectivity index (χ4v) is 4.41. The topological polar surface area (TPSA) is 84.5 Å². The fraction of sp³-hybridized carbons (Fsp3) is 0.389. The molecule has 1 atom stereocenters. The molecule has 1 aromatic heterocycles. The number of methoxy groups -OCH3 is 1. The normalized spacial score (nSPS) is 12.8. The Morgan fingerprint density at radius 3 is 2.42 bits per heavy atom. The van der Waals surface area contributed by atoms with Gasteiger partial charge in [-0.05, 0) is 48.1 Å². The lowest BCUT2D eigenvalue weighted by atomic mass is 10.1. The van der Waals surface area contributed by atoms with E-state index in [4.69, 9.17) is 4.74 Å². The fourth-order valence-electron chi connectivity index (χ4n) is 2.36. The Hall–Kier alpha value is -1.90. The van der Waals surface area contributed by atoms with E-state index in [1.165, 1.54) is 24.1 Å². The lowest BCUT2D eigenvalue weighted by molar-refractivity contribution is -0.123. The molecule has 0 radical (unpaired) electrons. The van der Waals surface area contributed by atoms with Crippen LogP contribution in [0.3, 0.4) is 0 Å². The molecule has 0 fully saturated rings. The highest BCUT2D eigenvalue weighted by Gasteiger charge is 2.28. The Bertz CT molecular complexity index is 800. The van der Waals surface area contributed by atoms with Crippen LogP contribution in [0.25, 0.3) is 0 Å². The largest absolute Gasteiger partial charge is 0.497 e. The smallest absolute Gasteiger partial charge is 0.241 e. The first-order chi connectivity index (χ1) is 12.3. The van der Waals surface area contributed by atoms with Crippen LogP contribution in [0.2, 0.25) is 0 Å². The van der Waals surface area contributed by atoms with E-state index in [1.54, 1.807) is 37.3 Å². The van der Waals surface area contributed by atoms with E-state index in [0.717, 1.165) is 6.42 Å². The second-order valence-corrected chi connectivity index (χ2v) is 8.89. The molecule has 142 valence electrons. The number of nitrogens with one attached hydrogen (secondary N) is 2. The molecule has 0 unspecified atom stereocenters. The summed E-state index contributed by atoms with van der Waals surface area (Å²) >= 11 is 1.63. The molecule has 1 amide bonds. The number of thiophene rings is 1. The van der Waals surface area contributed by atoms with E-state index in [9.17, 15) is 13.2 Å². The van der Waals surface area contributed by atoms with Crippen LogP contribution in [-0.2, 0) is 21.2 Å². The predicted molar refractivity (Wildman–Crippen MR) is 103 cm³/mol. The number of benzene rings is 1. The molecule has 1 heterocycles. The molecular formula is C18H24N2O4S2. The number of rotatable bonds is 9. The molecule has 0 spiro atoms. The highest BCUT2D eigenvalue weighted by atomic mass is 32.2. The molecule has 2 rings (SSSR count). The van der Waals surface area contributed by atoms with Gasteiger partial charge in [0.15, 0.2) is 0 Å². The molecule has 2 N–H and O–H groups in total. The van der Waals surface area contributed by atoms with E-state index in [0.29, 0.717) is 12.3 Å². The summed E-state index contributed by atoms with van der Waals surface area (Å²) in [4.78, 5) is 13.7. The molecule has 0 aliphatic heterocycles. The van der Waals surface area contributed by atoms with Crippen molar-refractivity contribution in [3.05, 3.63) is 46.7 Å². The van der Waals surface area contributed by atoms with Gasteiger partial charge in [0.2, 0.25) is 15.9 Å². The van der Waals surface area contributed by atoms with Crippen LogP contribution in [0.5, 0.6) is 5.75 Å². The van der Waals surface area contributed by atoms with Crippen LogP contribution in [-0.4, -0.2) is 34.0 Å². The first-order valence-corrected chi connectivity index (χ1v) is 10.7. The van der Waals surface area contributed by atoms with Gasteiger partial charge in [0.25, 0.3) is 0 Å². The summed E-state index contributed by atoms with van der Waals surface area (Å²) in [7, 11) is -2.30. The summed E-state index contributed by atoms with van der Waals surface area (Å²) in [6, 6.07) is 9.16. The van der Waals surface area contributed by atoms with Crippen molar-refractivity contribution in [3.8, 4) is 5.75 Å². The molecule has 1 aromatic carbocycles. The molecule has 0 aliphatic carbocycles. The zero-order chi connectivity index (χ0) is 19.2. The van der Waals surface area contributed by atoms with E-state index >= 15 is 0 Å². The van der Waals surface area contributed by atoms with Crippen LogP contribution in [0, 0.1) is 5.92 Å². The summed E-state index contributed by atoms with van der Waals surface area (Å²) in [5, 5.41) is 4.80. The molecule has 0 aliphatic rings. The molecule has 2 aromatic rings. The lowest BCUT2D eigenvalue weighted by Gasteiger charge is -2.21. The van der Waals surface area contributed by atoms with Crippen LogP contribution in [0.15, 0.2) is 46.7 Å². The zero-order valence-corrected chi connectivity index (χ0v) is 16.7. The van der Waals surface area contributed by atoms with Crippen molar-refractivity contribution in [1.82, 2.24) is 10.0 Å². The number of carbonyl (C=O) groups excluding carboxylic acids is 1. The second-order valence-electron chi connectivity index (χ2n) is 6.14. The van der Waals surface area contributed by atoms with Gasteiger partial charge in [-0.3, -0.25) is 4.79 Å². The molecule has 6 nitrogen and oxygen atoms in total. The van der Waals surface area contributed by atoms with E-state index < -0.39 is 16.1 Å². The van der Waals surface area contributed by atoms with Gasteiger partial charge in [0.1, 0.15) is 11.8 Å². The van der Waals surface area contributed by atoms with Gasteiger partial charge in [-0.1, -0.05) is 19.9 Å². The predicted octanol–water partition coefficient (Wildman–Crippen LogP) is 2.42. The minimum atomic E-state index is -3.81. The Morgan fingerprint density at radius 2 is 1.88 bits per heavy atom. The van der Waals surface area contributed by atoms with Crippen LogP contribution >= 0.6 is 11.3 Å². The van der Waals surface area contributed by atoms with Gasteiger partial charge < -0.3 is 10.1 Å². The molecular weight excluding hydrogens is 372 g/mol. The Morgan fingerprint density at radius 1 is 1.19 bits per heavy atom. The van der Waals surface area contributed by atoms with Crippen LogP contribution < -0.4 is 14.8 Å². The maximum absolute atomic E-state index is 12.6. The first kappa shape index (κ1) is 20.4. The van der Waals surface area contributed by atoms with Crippen molar-refractivity contribution in [2.45, 2.75) is 31.2 Å². The molecule has 0 saturated carbocycles. The Kier molecular flexibility index (Phi) is 7.19. The molecule has 26 heavy (non-hydrogen) atoms. The summed E-state index contributed by atoms with van der Waals surface area (Å²) in [6.45, 7) is 4.08. The van der Waals surface area contributed by atoms with Crippen molar-refractivity contribution in [1.29, 1.82) is 0 Å². The quantitative estimate of drug-likeness (QED) is 0.682. The maximum atomic E-state index is 12.6. The molecule has 0 saturated heterocycles. The highest BCUT2D eigenvalue weighted by molar-refractivity contribution is 7.89. The monoisotopic (exact) mass is 396 g/mol.